The van der Waals surface area contributed by atoms with Crippen LogP contribution in [0.4, 0.5) is 0 Å². The van der Waals surface area contributed by atoms with Crippen molar-refractivity contribution in [3.8, 4) is 66.8 Å². The van der Waals surface area contributed by atoms with E-state index in [0.29, 0.717) is 11.8 Å². The first-order valence-corrected chi connectivity index (χ1v) is 29.3. The Labute approximate surface area is 477 Å². The van der Waals surface area contributed by atoms with Gasteiger partial charge in [-0.25, -0.2) is 0 Å². The van der Waals surface area contributed by atoms with Crippen LogP contribution in [0, 0.1) is 11.8 Å². The fourth-order valence-corrected chi connectivity index (χ4v) is 15.4. The molecule has 0 saturated heterocycles. The lowest BCUT2D eigenvalue weighted by Gasteiger charge is -2.42. The minimum absolute atomic E-state index is 0.268. The second kappa shape index (κ2) is 19.6. The molecule has 0 amide bonds. The summed E-state index contributed by atoms with van der Waals surface area (Å²) in [6.45, 7) is 0. The van der Waals surface area contributed by atoms with E-state index in [-0.39, 0.29) is 5.92 Å². The Morgan fingerprint density at radius 2 is 0.877 bits per heavy atom. The van der Waals surface area contributed by atoms with Gasteiger partial charge in [0.25, 0.3) is 0 Å². The van der Waals surface area contributed by atoms with Crippen molar-refractivity contribution in [2.75, 3.05) is 0 Å². The molecule has 1 heteroatoms. The maximum absolute atomic E-state index is 2.50. The number of hydrogen-bond donors (Lipinski definition) is 0. The summed E-state index contributed by atoms with van der Waals surface area (Å²) in [4.78, 5) is 1.48. The van der Waals surface area contributed by atoms with E-state index in [9.17, 15) is 0 Å². The standard InChI is InChI=1S/C80H54S/c1-3-21-51(22-4-1)72-48-61(55-27-19-28-57(45-55)76-63-32-10-12-34-65(63)78(66-35-13-11-33-64(66)76)60-44-43-54-42-41-53-25-7-9-31-62(53)71(54)47-60)49-73(52-23-5-2-6-24-52)79(72)59-30-20-29-58(46-59)77-67-36-14-16-38-69(67)80(70-39-17-15-37-68(70)77)75-50-56-26-8-18-40-74(56)81-75/h1-38,40-50,69-70,80H,39H2. The van der Waals surface area contributed by atoms with Crippen molar-refractivity contribution in [1.82, 2.24) is 0 Å². The van der Waals surface area contributed by atoms with Crippen LogP contribution in [-0.4, -0.2) is 0 Å². The maximum atomic E-state index is 2.50. The zero-order chi connectivity index (χ0) is 53.4. The molecule has 0 radical (unpaired) electrons. The molecule has 3 aliphatic rings. The quantitative estimate of drug-likeness (QED) is 0.105. The molecule has 81 heavy (non-hydrogen) atoms. The molecular weight excluding hydrogens is 993 g/mol. The lowest BCUT2D eigenvalue weighted by atomic mass is 9.62. The van der Waals surface area contributed by atoms with E-state index in [1.165, 1.54) is 147 Å². The van der Waals surface area contributed by atoms with E-state index in [1.807, 2.05) is 11.3 Å². The topological polar surface area (TPSA) is 0 Å². The van der Waals surface area contributed by atoms with E-state index in [4.69, 9.17) is 0 Å². The number of benzene rings is 12. The molecule has 1 aromatic heterocycles. The van der Waals surface area contributed by atoms with Gasteiger partial charge in [0.05, 0.1) is 0 Å². The zero-order valence-electron chi connectivity index (χ0n) is 44.6. The van der Waals surface area contributed by atoms with Crippen molar-refractivity contribution >= 4 is 70.1 Å². The maximum Gasteiger partial charge on any atom is 0.0345 e. The average Bonchev–Trinajstić information content (AvgIpc) is 4.18. The van der Waals surface area contributed by atoms with Crippen molar-refractivity contribution in [2.45, 2.75) is 12.3 Å². The molecule has 3 atom stereocenters. The van der Waals surface area contributed by atoms with E-state index >= 15 is 0 Å². The second-order valence-corrected chi connectivity index (χ2v) is 23.2. The van der Waals surface area contributed by atoms with E-state index in [1.54, 1.807) is 0 Å². The Balaban J connectivity index is 0.867. The molecule has 16 rings (SSSR count). The third-order valence-electron chi connectivity index (χ3n) is 17.6. The first kappa shape index (κ1) is 47.3. The summed E-state index contributed by atoms with van der Waals surface area (Å²) in [7, 11) is 0. The molecule has 0 N–H and O–H groups in total. The number of fused-ring (bicyclic) bond motifs is 8. The number of thiophene rings is 1. The van der Waals surface area contributed by atoms with Gasteiger partial charge in [0, 0.05) is 21.4 Å². The lowest BCUT2D eigenvalue weighted by molar-refractivity contribution is 0.425. The van der Waals surface area contributed by atoms with Crippen LogP contribution in [0.1, 0.15) is 22.8 Å². The average molecular weight is 1050 g/mol. The van der Waals surface area contributed by atoms with Crippen LogP contribution in [0.5, 0.6) is 0 Å². The second-order valence-electron chi connectivity index (χ2n) is 22.1. The molecule has 0 spiro atoms. The normalized spacial score (nSPS) is 16.6. The summed E-state index contributed by atoms with van der Waals surface area (Å²) in [5.74, 6) is 0.988. The highest BCUT2D eigenvalue weighted by Crippen LogP contribution is 2.57. The number of rotatable bonds is 8. The Morgan fingerprint density at radius 1 is 0.346 bits per heavy atom. The van der Waals surface area contributed by atoms with Gasteiger partial charge in [-0.3, -0.25) is 0 Å². The van der Waals surface area contributed by atoms with Gasteiger partial charge in [0.15, 0.2) is 0 Å². The summed E-state index contributed by atoms with van der Waals surface area (Å²) >= 11 is 1.98. The molecule has 3 aliphatic carbocycles. The fourth-order valence-electron chi connectivity index (χ4n) is 14.1. The summed E-state index contributed by atoms with van der Waals surface area (Å²) in [5.41, 5.74) is 20.0. The van der Waals surface area contributed by atoms with Crippen LogP contribution in [0.3, 0.4) is 0 Å². The van der Waals surface area contributed by atoms with E-state index < -0.39 is 0 Å². The summed E-state index contributed by atoms with van der Waals surface area (Å²) in [6, 6.07) is 95.5. The Morgan fingerprint density at radius 3 is 1.56 bits per heavy atom. The van der Waals surface area contributed by atoms with Crippen LogP contribution in [-0.2, 0) is 0 Å². The Hall–Kier alpha value is -9.66. The Bertz CT molecular complexity index is 4690. The molecule has 12 aromatic carbocycles. The van der Waals surface area contributed by atoms with Gasteiger partial charge < -0.3 is 0 Å². The van der Waals surface area contributed by atoms with Gasteiger partial charge in [-0.1, -0.05) is 255 Å². The summed E-state index contributed by atoms with van der Waals surface area (Å²) < 4.78 is 1.37. The van der Waals surface area contributed by atoms with Crippen LogP contribution >= 0.6 is 11.3 Å². The predicted octanol–water partition coefficient (Wildman–Crippen LogP) is 22.3. The van der Waals surface area contributed by atoms with Crippen molar-refractivity contribution in [3.05, 3.63) is 319 Å². The largest absolute Gasteiger partial charge is 0.140 e. The van der Waals surface area contributed by atoms with E-state index in [2.05, 4.69) is 297 Å². The van der Waals surface area contributed by atoms with Crippen LogP contribution < -0.4 is 0 Å². The third-order valence-corrected chi connectivity index (χ3v) is 18.9. The fraction of sp³-hybridized carbons (Fsp3) is 0.0500. The molecule has 0 fully saturated rings. The van der Waals surface area contributed by atoms with Crippen molar-refractivity contribution in [1.29, 1.82) is 0 Å². The molecule has 13 aromatic rings. The third kappa shape index (κ3) is 8.02. The molecule has 0 aliphatic heterocycles. The van der Waals surface area contributed by atoms with Crippen molar-refractivity contribution < 1.29 is 0 Å². The van der Waals surface area contributed by atoms with Gasteiger partial charge in [-0.05, 0) is 192 Å². The summed E-state index contributed by atoms with van der Waals surface area (Å²) in [5, 5.41) is 11.4. The zero-order valence-corrected chi connectivity index (χ0v) is 45.5. The van der Waals surface area contributed by atoms with Gasteiger partial charge in [-0.15, -0.1) is 11.3 Å². The first-order chi connectivity index (χ1) is 40.2. The SMILES string of the molecule is C1=CCC2C(=C1)C(c1cccc(-c3c(-c4ccccc4)cc(-c4cccc(-c5c6ccccc6c(-c6ccc7ccc8ccccc8c7c6)c6ccccc56)c4)cc3-c3ccccc3)c1)=C1C=CC=CC1C2c1cc2ccccc2s1. The number of hydrogen-bond acceptors (Lipinski definition) is 1. The number of allylic oxidation sites excluding steroid dienone is 10. The van der Waals surface area contributed by atoms with Crippen LogP contribution in [0.25, 0.3) is 126 Å². The highest BCUT2D eigenvalue weighted by atomic mass is 32.1. The van der Waals surface area contributed by atoms with Crippen LogP contribution in [0.15, 0.2) is 308 Å². The highest BCUT2D eigenvalue weighted by molar-refractivity contribution is 7.19. The van der Waals surface area contributed by atoms with Gasteiger partial charge in [0.2, 0.25) is 0 Å². The molecular formula is C80H54S. The molecule has 0 nitrogen and oxygen atoms in total. The van der Waals surface area contributed by atoms with Gasteiger partial charge >= 0.3 is 0 Å². The molecule has 1 heterocycles. The van der Waals surface area contributed by atoms with E-state index in [0.717, 1.165) is 6.42 Å². The highest BCUT2D eigenvalue weighted by Gasteiger charge is 2.42. The first-order valence-electron chi connectivity index (χ1n) is 28.5. The minimum Gasteiger partial charge on any atom is -0.140 e. The summed E-state index contributed by atoms with van der Waals surface area (Å²) in [6.07, 6.45) is 17.5. The molecule has 0 bridgehead atoms. The molecule has 380 valence electrons. The monoisotopic (exact) mass is 1050 g/mol. The molecule has 0 saturated carbocycles. The van der Waals surface area contributed by atoms with Gasteiger partial charge in [-0.2, -0.15) is 0 Å². The Kier molecular flexibility index (Phi) is 11.5. The minimum atomic E-state index is 0.268. The van der Waals surface area contributed by atoms with Crippen molar-refractivity contribution in [3.63, 3.8) is 0 Å². The van der Waals surface area contributed by atoms with Gasteiger partial charge in [0.1, 0.15) is 0 Å². The molecule has 3 unspecified atom stereocenters. The predicted molar refractivity (Wildman–Crippen MR) is 348 cm³/mol. The van der Waals surface area contributed by atoms with Crippen LogP contribution in [0.2, 0.25) is 0 Å². The smallest absolute Gasteiger partial charge is 0.0345 e. The van der Waals surface area contributed by atoms with Crippen molar-refractivity contribution in [2.24, 2.45) is 11.8 Å². The lowest BCUT2D eigenvalue weighted by Crippen LogP contribution is -2.30.